The van der Waals surface area contributed by atoms with Crippen molar-refractivity contribution in [1.82, 2.24) is 19.4 Å². The van der Waals surface area contributed by atoms with Crippen molar-refractivity contribution < 1.29 is 0 Å². The summed E-state index contributed by atoms with van der Waals surface area (Å²) in [7, 11) is 4.32. The summed E-state index contributed by atoms with van der Waals surface area (Å²) in [4.78, 5) is 9.33. The van der Waals surface area contributed by atoms with Gasteiger partial charge >= 0.3 is 0 Å². The van der Waals surface area contributed by atoms with Gasteiger partial charge in [-0.3, -0.25) is 0 Å². The zero-order chi connectivity index (χ0) is 13.1. The molecule has 1 aromatic rings. The zero-order valence-electron chi connectivity index (χ0n) is 12.2. The molecule has 1 aromatic heterocycles. The predicted octanol–water partition coefficient (Wildman–Crippen LogP) is 1.50. The van der Waals surface area contributed by atoms with E-state index in [0.29, 0.717) is 0 Å². The number of aromatic nitrogens is 2. The van der Waals surface area contributed by atoms with Gasteiger partial charge in [-0.2, -0.15) is 0 Å². The molecule has 0 aromatic carbocycles. The number of hydrogen-bond acceptors (Lipinski definition) is 3. The highest BCUT2D eigenvalue weighted by Gasteiger charge is 2.22. The van der Waals surface area contributed by atoms with Crippen molar-refractivity contribution in [2.75, 3.05) is 33.2 Å². The van der Waals surface area contributed by atoms with E-state index < -0.39 is 0 Å². The first-order valence-electron chi connectivity index (χ1n) is 6.98. The van der Waals surface area contributed by atoms with Crippen molar-refractivity contribution in [3.8, 4) is 0 Å². The Hall–Kier alpha value is -0.870. The van der Waals surface area contributed by atoms with E-state index in [1.54, 1.807) is 0 Å². The average Bonchev–Trinajstić information content (AvgIpc) is 2.91. The zero-order valence-corrected chi connectivity index (χ0v) is 12.2. The van der Waals surface area contributed by atoms with Crippen LogP contribution in [0.15, 0.2) is 6.20 Å². The standard InChI is InChI=1S/C14H26N4/c1-5-18-7-6-13(10-18)9-16(3)11-14-8-15-12(2)17(14)4/h8,13H,5-7,9-11H2,1-4H3/t13-/m0/s1. The van der Waals surface area contributed by atoms with Crippen molar-refractivity contribution in [2.45, 2.75) is 26.8 Å². The van der Waals surface area contributed by atoms with E-state index in [1.165, 1.54) is 38.3 Å². The molecule has 2 heterocycles. The first kappa shape index (κ1) is 13.6. The number of nitrogens with zero attached hydrogens (tertiary/aromatic N) is 4. The molecule has 0 amide bonds. The van der Waals surface area contributed by atoms with Crippen LogP contribution in [0.2, 0.25) is 0 Å². The normalized spacial score (nSPS) is 21.1. The molecule has 1 saturated heterocycles. The van der Waals surface area contributed by atoms with Gasteiger partial charge < -0.3 is 14.4 Å². The fourth-order valence-corrected chi connectivity index (χ4v) is 2.83. The monoisotopic (exact) mass is 250 g/mol. The molecule has 102 valence electrons. The molecule has 0 N–H and O–H groups in total. The van der Waals surface area contributed by atoms with Gasteiger partial charge in [-0.15, -0.1) is 0 Å². The number of hydrogen-bond donors (Lipinski definition) is 0. The molecule has 2 rings (SSSR count). The maximum Gasteiger partial charge on any atom is 0.105 e. The van der Waals surface area contributed by atoms with Crippen LogP contribution < -0.4 is 0 Å². The lowest BCUT2D eigenvalue weighted by Gasteiger charge is -2.21. The molecule has 1 fully saturated rings. The van der Waals surface area contributed by atoms with Crippen molar-refractivity contribution in [3.63, 3.8) is 0 Å². The predicted molar refractivity (Wildman–Crippen MR) is 74.5 cm³/mol. The van der Waals surface area contributed by atoms with Gasteiger partial charge in [-0.05, 0) is 39.4 Å². The van der Waals surface area contributed by atoms with Gasteiger partial charge in [-0.1, -0.05) is 6.92 Å². The van der Waals surface area contributed by atoms with E-state index in [9.17, 15) is 0 Å². The molecule has 0 radical (unpaired) electrons. The summed E-state index contributed by atoms with van der Waals surface area (Å²) in [5.41, 5.74) is 1.31. The molecular formula is C14H26N4. The van der Waals surface area contributed by atoms with Crippen LogP contribution in [0.4, 0.5) is 0 Å². The summed E-state index contributed by atoms with van der Waals surface area (Å²) >= 11 is 0. The molecule has 18 heavy (non-hydrogen) atoms. The van der Waals surface area contributed by atoms with E-state index in [2.05, 4.69) is 47.3 Å². The second-order valence-electron chi connectivity index (χ2n) is 5.60. The van der Waals surface area contributed by atoms with Gasteiger partial charge in [0.15, 0.2) is 0 Å². The Morgan fingerprint density at radius 3 is 2.83 bits per heavy atom. The van der Waals surface area contributed by atoms with Crippen LogP contribution in [0.1, 0.15) is 24.9 Å². The Morgan fingerprint density at radius 2 is 2.28 bits per heavy atom. The van der Waals surface area contributed by atoms with E-state index in [0.717, 1.165) is 18.3 Å². The Balaban J connectivity index is 1.82. The number of aryl methyl sites for hydroxylation is 1. The first-order valence-corrected chi connectivity index (χ1v) is 6.98. The smallest absolute Gasteiger partial charge is 0.105 e. The average molecular weight is 250 g/mol. The SMILES string of the molecule is CCN1CC[C@@H](CN(C)Cc2cnc(C)n2C)C1. The van der Waals surface area contributed by atoms with Crippen LogP contribution in [0.3, 0.4) is 0 Å². The Labute approximate surface area is 111 Å². The fourth-order valence-electron chi connectivity index (χ4n) is 2.83. The molecule has 0 spiro atoms. The number of likely N-dealkylation sites (tertiary alicyclic amines) is 1. The van der Waals surface area contributed by atoms with Gasteiger partial charge in [0.25, 0.3) is 0 Å². The third kappa shape index (κ3) is 3.12. The molecule has 4 nitrogen and oxygen atoms in total. The third-order valence-electron chi connectivity index (χ3n) is 4.14. The summed E-state index contributed by atoms with van der Waals surface area (Å²) in [6, 6.07) is 0. The molecule has 0 unspecified atom stereocenters. The van der Waals surface area contributed by atoms with Crippen molar-refractivity contribution in [2.24, 2.45) is 13.0 Å². The van der Waals surface area contributed by atoms with Gasteiger partial charge in [0.2, 0.25) is 0 Å². The van der Waals surface area contributed by atoms with Crippen LogP contribution in [0.5, 0.6) is 0 Å². The lowest BCUT2D eigenvalue weighted by Crippen LogP contribution is -2.28. The van der Waals surface area contributed by atoms with Crippen molar-refractivity contribution >= 4 is 0 Å². The maximum atomic E-state index is 4.35. The molecular weight excluding hydrogens is 224 g/mol. The topological polar surface area (TPSA) is 24.3 Å². The highest BCUT2D eigenvalue weighted by molar-refractivity contribution is 5.03. The van der Waals surface area contributed by atoms with Crippen molar-refractivity contribution in [1.29, 1.82) is 0 Å². The molecule has 0 bridgehead atoms. The van der Waals surface area contributed by atoms with Crippen molar-refractivity contribution in [3.05, 3.63) is 17.7 Å². The molecule has 1 atom stereocenters. The maximum absolute atomic E-state index is 4.35. The number of imidazole rings is 1. The summed E-state index contributed by atoms with van der Waals surface area (Å²) in [6.07, 6.45) is 3.35. The first-order chi connectivity index (χ1) is 8.60. The minimum atomic E-state index is 0.837. The van der Waals surface area contributed by atoms with E-state index in [-0.39, 0.29) is 0 Å². The fraction of sp³-hybridized carbons (Fsp3) is 0.786. The molecule has 0 saturated carbocycles. The van der Waals surface area contributed by atoms with E-state index >= 15 is 0 Å². The Morgan fingerprint density at radius 1 is 1.50 bits per heavy atom. The molecule has 0 aliphatic carbocycles. The highest BCUT2D eigenvalue weighted by atomic mass is 15.2. The largest absolute Gasteiger partial charge is 0.334 e. The van der Waals surface area contributed by atoms with E-state index in [4.69, 9.17) is 0 Å². The molecule has 4 heteroatoms. The van der Waals surface area contributed by atoms with Crippen LogP contribution in [-0.2, 0) is 13.6 Å². The Kier molecular flexibility index (Phi) is 4.40. The second kappa shape index (κ2) is 5.85. The molecule has 1 aliphatic heterocycles. The van der Waals surface area contributed by atoms with Gasteiger partial charge in [0.05, 0.1) is 5.69 Å². The van der Waals surface area contributed by atoms with Crippen LogP contribution in [0.25, 0.3) is 0 Å². The lowest BCUT2D eigenvalue weighted by molar-refractivity contribution is 0.256. The second-order valence-corrected chi connectivity index (χ2v) is 5.60. The minimum absolute atomic E-state index is 0.837. The van der Waals surface area contributed by atoms with Gasteiger partial charge in [0.1, 0.15) is 5.82 Å². The quantitative estimate of drug-likeness (QED) is 0.791. The third-order valence-corrected chi connectivity index (χ3v) is 4.14. The lowest BCUT2D eigenvalue weighted by atomic mass is 10.1. The Bertz CT molecular complexity index is 385. The summed E-state index contributed by atoms with van der Waals surface area (Å²) in [5.74, 6) is 1.93. The molecule has 1 aliphatic rings. The van der Waals surface area contributed by atoms with Crippen LogP contribution >= 0.6 is 0 Å². The van der Waals surface area contributed by atoms with Crippen LogP contribution in [-0.4, -0.2) is 52.6 Å². The van der Waals surface area contributed by atoms with E-state index in [1.807, 2.05) is 6.20 Å². The van der Waals surface area contributed by atoms with Crippen LogP contribution in [0, 0.1) is 12.8 Å². The summed E-state index contributed by atoms with van der Waals surface area (Å²) in [5, 5.41) is 0. The van der Waals surface area contributed by atoms with Gasteiger partial charge in [-0.25, -0.2) is 4.98 Å². The summed E-state index contributed by atoms with van der Waals surface area (Å²) in [6.45, 7) is 10.2. The highest BCUT2D eigenvalue weighted by Crippen LogP contribution is 2.17. The summed E-state index contributed by atoms with van der Waals surface area (Å²) < 4.78 is 2.18. The number of rotatable bonds is 5. The minimum Gasteiger partial charge on any atom is -0.334 e. The van der Waals surface area contributed by atoms with Gasteiger partial charge in [0, 0.05) is 32.9 Å².